The van der Waals surface area contributed by atoms with Gasteiger partial charge in [0.1, 0.15) is 11.6 Å². The number of amides is 2. The summed E-state index contributed by atoms with van der Waals surface area (Å²) in [6.45, 7) is 2.89. The largest absolute Gasteiger partial charge is 0.355 e. The number of carbonyl (C=O) groups is 2. The first-order valence-electron chi connectivity index (χ1n) is 10.8. The van der Waals surface area contributed by atoms with Crippen molar-refractivity contribution in [1.82, 2.24) is 15.2 Å². The number of pyridine rings is 1. The van der Waals surface area contributed by atoms with Crippen LogP contribution in [0.25, 0.3) is 0 Å². The van der Waals surface area contributed by atoms with Gasteiger partial charge in [0.05, 0.1) is 16.1 Å². The molecule has 2 fully saturated rings. The maximum Gasteiger partial charge on any atom is 0.255 e. The van der Waals surface area contributed by atoms with E-state index in [0.717, 1.165) is 25.9 Å². The van der Waals surface area contributed by atoms with Crippen LogP contribution in [0.15, 0.2) is 36.5 Å². The molecule has 0 atom stereocenters. The highest BCUT2D eigenvalue weighted by molar-refractivity contribution is 6.33. The highest BCUT2D eigenvalue weighted by Gasteiger charge is 2.25. The van der Waals surface area contributed by atoms with Crippen LogP contribution in [0, 0.1) is 5.82 Å². The number of benzene rings is 1. The zero-order chi connectivity index (χ0) is 21.8. The third-order valence-corrected chi connectivity index (χ3v) is 6.24. The van der Waals surface area contributed by atoms with Crippen molar-refractivity contribution in [2.45, 2.75) is 38.1 Å². The topological polar surface area (TPSA) is 65.5 Å². The highest BCUT2D eigenvalue weighted by atomic mass is 35.5. The molecule has 1 aromatic heterocycles. The summed E-state index contributed by atoms with van der Waals surface area (Å²) < 4.78 is 13.8. The summed E-state index contributed by atoms with van der Waals surface area (Å²) in [5.41, 5.74) is 0.575. The summed E-state index contributed by atoms with van der Waals surface area (Å²) in [7, 11) is 0. The molecule has 2 aliphatic heterocycles. The van der Waals surface area contributed by atoms with E-state index >= 15 is 0 Å². The van der Waals surface area contributed by atoms with Gasteiger partial charge in [-0.3, -0.25) is 9.59 Å². The number of carbonyl (C=O) groups excluding carboxylic acids is 2. The molecule has 4 rings (SSSR count). The minimum absolute atomic E-state index is 0.0183. The van der Waals surface area contributed by atoms with Crippen LogP contribution in [0.3, 0.4) is 0 Å². The molecule has 0 spiro atoms. The molecule has 2 aliphatic rings. The smallest absolute Gasteiger partial charge is 0.255 e. The summed E-state index contributed by atoms with van der Waals surface area (Å²) in [5.74, 6) is -0.285. The number of anilines is 1. The van der Waals surface area contributed by atoms with E-state index < -0.39 is 11.7 Å². The maximum absolute atomic E-state index is 13.8. The Balaban J connectivity index is 1.35. The van der Waals surface area contributed by atoms with Gasteiger partial charge in [0, 0.05) is 38.4 Å². The number of hydrogen-bond acceptors (Lipinski definition) is 4. The number of rotatable bonds is 4. The predicted octanol–water partition coefficient (Wildman–Crippen LogP) is 3.90. The van der Waals surface area contributed by atoms with Gasteiger partial charge in [0.25, 0.3) is 11.8 Å². The Labute approximate surface area is 186 Å². The lowest BCUT2D eigenvalue weighted by atomic mass is 10.0. The van der Waals surface area contributed by atoms with Crippen molar-refractivity contribution in [3.8, 4) is 0 Å². The molecule has 0 saturated carbocycles. The normalized spacial score (nSPS) is 17.5. The lowest BCUT2D eigenvalue weighted by Gasteiger charge is -2.33. The summed E-state index contributed by atoms with van der Waals surface area (Å²) in [6.07, 6.45) is 6.24. The molecule has 0 radical (unpaired) electrons. The standard InChI is InChI=1S/C23H26ClFN4O2/c24-19-14-16(23(31)29-10-4-1-5-11-29)15-26-21(19)28-12-8-17(9-13-28)27-22(30)18-6-2-3-7-20(18)25/h2-3,6-7,14-15,17H,1,4-5,8-13H2,(H,27,30). The lowest BCUT2D eigenvalue weighted by Crippen LogP contribution is -2.45. The fraction of sp³-hybridized carbons (Fsp3) is 0.435. The molecular weight excluding hydrogens is 419 g/mol. The Kier molecular flexibility index (Phi) is 6.70. The average Bonchev–Trinajstić information content (AvgIpc) is 2.80. The Hall–Kier alpha value is -2.67. The fourth-order valence-corrected chi connectivity index (χ4v) is 4.49. The van der Waals surface area contributed by atoms with Crippen molar-refractivity contribution in [3.05, 3.63) is 58.5 Å². The van der Waals surface area contributed by atoms with Gasteiger partial charge in [0.2, 0.25) is 0 Å². The first kappa shape index (κ1) is 21.6. The van der Waals surface area contributed by atoms with Gasteiger partial charge in [-0.25, -0.2) is 9.37 Å². The minimum atomic E-state index is -0.521. The zero-order valence-electron chi connectivity index (χ0n) is 17.3. The second-order valence-corrected chi connectivity index (χ2v) is 8.50. The Morgan fingerprint density at radius 2 is 1.77 bits per heavy atom. The molecule has 2 amide bonds. The van der Waals surface area contributed by atoms with Gasteiger partial charge in [0.15, 0.2) is 0 Å². The van der Waals surface area contributed by atoms with Gasteiger partial charge in [-0.15, -0.1) is 0 Å². The first-order chi connectivity index (χ1) is 15.0. The van der Waals surface area contributed by atoms with Gasteiger partial charge >= 0.3 is 0 Å². The van der Waals surface area contributed by atoms with Crippen LogP contribution in [0.1, 0.15) is 52.8 Å². The van der Waals surface area contributed by atoms with Crippen LogP contribution in [0.4, 0.5) is 10.2 Å². The molecule has 6 nitrogen and oxygen atoms in total. The van der Waals surface area contributed by atoms with Crippen molar-refractivity contribution in [1.29, 1.82) is 0 Å². The average molecular weight is 445 g/mol. The van der Waals surface area contributed by atoms with Crippen LogP contribution in [-0.4, -0.2) is 53.9 Å². The molecule has 1 N–H and O–H groups in total. The molecular formula is C23H26ClFN4O2. The molecule has 0 aliphatic carbocycles. The summed E-state index contributed by atoms with van der Waals surface area (Å²) in [5, 5.41) is 3.37. The number of nitrogens with one attached hydrogen (secondary N) is 1. The van der Waals surface area contributed by atoms with Gasteiger partial charge in [-0.2, -0.15) is 0 Å². The zero-order valence-corrected chi connectivity index (χ0v) is 18.1. The number of likely N-dealkylation sites (tertiary alicyclic amines) is 1. The number of piperidine rings is 2. The first-order valence-corrected chi connectivity index (χ1v) is 11.2. The van der Waals surface area contributed by atoms with Gasteiger partial charge in [-0.1, -0.05) is 23.7 Å². The van der Waals surface area contributed by atoms with Crippen LogP contribution in [0.2, 0.25) is 5.02 Å². The molecule has 0 unspecified atom stereocenters. The number of hydrogen-bond donors (Lipinski definition) is 1. The van der Waals surface area contributed by atoms with E-state index in [0.29, 0.717) is 42.3 Å². The molecule has 3 heterocycles. The second kappa shape index (κ2) is 9.64. The lowest BCUT2D eigenvalue weighted by molar-refractivity contribution is 0.0723. The highest BCUT2D eigenvalue weighted by Crippen LogP contribution is 2.28. The number of aromatic nitrogens is 1. The quantitative estimate of drug-likeness (QED) is 0.776. The summed E-state index contributed by atoms with van der Waals surface area (Å²) in [4.78, 5) is 33.4. The predicted molar refractivity (Wildman–Crippen MR) is 118 cm³/mol. The summed E-state index contributed by atoms with van der Waals surface area (Å²) >= 11 is 6.48. The van der Waals surface area contributed by atoms with Crippen molar-refractivity contribution >= 4 is 29.2 Å². The van der Waals surface area contributed by atoms with Crippen molar-refractivity contribution in [3.63, 3.8) is 0 Å². The summed E-state index contributed by atoms with van der Waals surface area (Å²) in [6, 6.07) is 7.64. The van der Waals surface area contributed by atoms with Crippen molar-refractivity contribution in [2.24, 2.45) is 0 Å². The molecule has 31 heavy (non-hydrogen) atoms. The molecule has 1 aromatic carbocycles. The van der Waals surface area contributed by atoms with E-state index in [-0.39, 0.29) is 17.5 Å². The minimum Gasteiger partial charge on any atom is -0.355 e. The van der Waals surface area contributed by atoms with Crippen molar-refractivity contribution < 1.29 is 14.0 Å². The molecule has 2 saturated heterocycles. The Bertz CT molecular complexity index is 956. The van der Waals surface area contributed by atoms with E-state index in [1.807, 2.05) is 4.90 Å². The van der Waals surface area contributed by atoms with Gasteiger partial charge < -0.3 is 15.1 Å². The van der Waals surface area contributed by atoms with Crippen molar-refractivity contribution in [2.75, 3.05) is 31.1 Å². The monoisotopic (exact) mass is 444 g/mol. The third-order valence-electron chi connectivity index (χ3n) is 5.96. The van der Waals surface area contributed by atoms with Crippen LogP contribution in [0.5, 0.6) is 0 Å². The molecule has 0 bridgehead atoms. The van der Waals surface area contributed by atoms with E-state index in [9.17, 15) is 14.0 Å². The van der Waals surface area contributed by atoms with Crippen LogP contribution < -0.4 is 10.2 Å². The number of halogens is 2. The maximum atomic E-state index is 13.8. The molecule has 164 valence electrons. The second-order valence-electron chi connectivity index (χ2n) is 8.10. The Morgan fingerprint density at radius 1 is 1.06 bits per heavy atom. The van der Waals surface area contributed by atoms with Gasteiger partial charge in [-0.05, 0) is 50.3 Å². The van der Waals surface area contributed by atoms with Crippen LogP contribution >= 0.6 is 11.6 Å². The fourth-order valence-electron chi connectivity index (χ4n) is 4.20. The molecule has 8 heteroatoms. The van der Waals surface area contributed by atoms with E-state index in [4.69, 9.17) is 11.6 Å². The third kappa shape index (κ3) is 4.98. The van der Waals surface area contributed by atoms with E-state index in [1.54, 1.807) is 24.4 Å². The number of nitrogens with zero attached hydrogens (tertiary/aromatic N) is 3. The SMILES string of the molecule is O=C(NC1CCN(c2ncc(C(=O)N3CCCCC3)cc2Cl)CC1)c1ccccc1F. The van der Waals surface area contributed by atoms with E-state index in [2.05, 4.69) is 15.2 Å². The van der Waals surface area contributed by atoms with Crippen LogP contribution in [-0.2, 0) is 0 Å². The van der Waals surface area contributed by atoms with E-state index in [1.165, 1.54) is 18.6 Å². The Morgan fingerprint density at radius 3 is 2.45 bits per heavy atom. The molecule has 2 aromatic rings.